The van der Waals surface area contributed by atoms with Crippen LogP contribution in [-0.2, 0) is 0 Å². The average molecular weight is 385 g/mol. The van der Waals surface area contributed by atoms with E-state index in [4.69, 9.17) is 5.73 Å². The van der Waals surface area contributed by atoms with Crippen LogP contribution in [0.2, 0.25) is 0 Å². The number of benzene rings is 1. The molecule has 0 saturated carbocycles. The van der Waals surface area contributed by atoms with E-state index in [-0.39, 0.29) is 29.0 Å². The molecule has 0 spiro atoms. The molecule has 1 fully saturated rings. The molecule has 1 saturated heterocycles. The van der Waals surface area contributed by atoms with Crippen LogP contribution in [0.1, 0.15) is 35.9 Å². The molecule has 0 bridgehead atoms. The molecule has 9 nitrogen and oxygen atoms in total. The zero-order chi connectivity index (χ0) is 20.4. The van der Waals surface area contributed by atoms with Gasteiger partial charge < -0.3 is 10.6 Å². The summed E-state index contributed by atoms with van der Waals surface area (Å²) in [6.07, 6.45) is 1.74. The summed E-state index contributed by atoms with van der Waals surface area (Å²) in [6.45, 7) is 4.49. The van der Waals surface area contributed by atoms with Crippen molar-refractivity contribution >= 4 is 11.6 Å². The van der Waals surface area contributed by atoms with E-state index >= 15 is 0 Å². The summed E-state index contributed by atoms with van der Waals surface area (Å²) in [5.41, 5.74) is 5.47. The van der Waals surface area contributed by atoms with Crippen molar-refractivity contribution < 1.29 is 9.72 Å². The second-order valence-corrected chi connectivity index (χ2v) is 7.14. The number of para-hydroxylation sites is 2. The maximum absolute atomic E-state index is 13.1. The second kappa shape index (κ2) is 7.89. The summed E-state index contributed by atoms with van der Waals surface area (Å²) in [5, 5.41) is 15.6. The van der Waals surface area contributed by atoms with Crippen LogP contribution in [0.5, 0.6) is 0 Å². The van der Waals surface area contributed by atoms with Gasteiger partial charge in [0.25, 0.3) is 11.6 Å². The molecule has 2 heterocycles. The van der Waals surface area contributed by atoms with Crippen molar-refractivity contribution in [3.63, 3.8) is 0 Å². The third-order valence-electron chi connectivity index (χ3n) is 5.19. The van der Waals surface area contributed by atoms with Gasteiger partial charge in [0, 0.05) is 30.4 Å². The number of piperidine rings is 1. The summed E-state index contributed by atoms with van der Waals surface area (Å²) < 4.78 is 1.28. The van der Waals surface area contributed by atoms with Gasteiger partial charge in [0.1, 0.15) is 5.69 Å². The monoisotopic (exact) mass is 385 g/mol. The Morgan fingerprint density at radius 3 is 2.75 bits per heavy atom. The Labute approximate surface area is 161 Å². The molecule has 9 heteroatoms. The van der Waals surface area contributed by atoms with E-state index in [1.807, 2.05) is 6.92 Å². The first-order valence-corrected chi connectivity index (χ1v) is 9.19. The molecular formula is C19H23N5O4. The van der Waals surface area contributed by atoms with E-state index in [2.05, 4.69) is 5.10 Å². The summed E-state index contributed by atoms with van der Waals surface area (Å²) in [4.78, 5) is 38.1. The average Bonchev–Trinajstić information content (AvgIpc) is 2.68. The van der Waals surface area contributed by atoms with Gasteiger partial charge in [-0.15, -0.1) is 0 Å². The number of carbonyl (C=O) groups excluding carboxylic acids is 1. The lowest BCUT2D eigenvalue weighted by Crippen LogP contribution is -2.48. The van der Waals surface area contributed by atoms with Crippen molar-refractivity contribution in [2.45, 2.75) is 32.7 Å². The molecule has 1 aromatic carbocycles. The Bertz CT molecular complexity index is 971. The number of aryl methyl sites for hydroxylation is 1. The molecule has 3 rings (SSSR count). The zero-order valence-electron chi connectivity index (χ0n) is 15.9. The van der Waals surface area contributed by atoms with Crippen LogP contribution in [0.25, 0.3) is 5.69 Å². The molecule has 1 aliphatic rings. The van der Waals surface area contributed by atoms with Crippen LogP contribution < -0.4 is 11.2 Å². The van der Waals surface area contributed by atoms with Crippen molar-refractivity contribution in [1.29, 1.82) is 0 Å². The number of nitrogens with zero attached hydrogens (tertiary/aromatic N) is 4. The molecule has 2 atom stereocenters. The summed E-state index contributed by atoms with van der Waals surface area (Å²) >= 11 is 0. The SMILES string of the molecule is Cc1cc(=O)c(C(=O)N2CC(CN)CCC2C)nn1-c1ccccc1[N+](=O)[O-]. The van der Waals surface area contributed by atoms with Gasteiger partial charge in [0.05, 0.1) is 4.92 Å². The largest absolute Gasteiger partial charge is 0.334 e. The van der Waals surface area contributed by atoms with Crippen molar-refractivity contribution in [3.05, 3.63) is 62.1 Å². The first-order chi connectivity index (χ1) is 13.3. The third kappa shape index (κ3) is 3.65. The molecule has 2 N–H and O–H groups in total. The van der Waals surface area contributed by atoms with E-state index in [9.17, 15) is 19.7 Å². The topological polar surface area (TPSA) is 124 Å². The molecule has 2 aromatic rings. The first-order valence-electron chi connectivity index (χ1n) is 9.19. The van der Waals surface area contributed by atoms with Crippen molar-refractivity contribution in [1.82, 2.24) is 14.7 Å². The van der Waals surface area contributed by atoms with Gasteiger partial charge in [-0.2, -0.15) is 5.10 Å². The van der Waals surface area contributed by atoms with E-state index < -0.39 is 16.3 Å². The van der Waals surface area contributed by atoms with Crippen molar-refractivity contribution in [2.75, 3.05) is 13.1 Å². The van der Waals surface area contributed by atoms with E-state index in [1.54, 1.807) is 24.0 Å². The van der Waals surface area contributed by atoms with Crippen LogP contribution in [0.3, 0.4) is 0 Å². The Morgan fingerprint density at radius 1 is 1.36 bits per heavy atom. The second-order valence-electron chi connectivity index (χ2n) is 7.14. The predicted octanol–water partition coefficient (Wildman–Crippen LogP) is 1.65. The number of hydrogen-bond donors (Lipinski definition) is 1. The smallest absolute Gasteiger partial charge is 0.294 e. The van der Waals surface area contributed by atoms with Crippen molar-refractivity contribution in [3.8, 4) is 5.69 Å². The van der Waals surface area contributed by atoms with Crippen molar-refractivity contribution in [2.24, 2.45) is 11.7 Å². The van der Waals surface area contributed by atoms with Gasteiger partial charge in [-0.05, 0) is 45.2 Å². The fraction of sp³-hybridized carbons (Fsp3) is 0.421. The Hall–Kier alpha value is -3.07. The number of nitro benzene ring substituents is 1. The Kier molecular flexibility index (Phi) is 5.55. The number of likely N-dealkylation sites (tertiary alicyclic amines) is 1. The highest BCUT2D eigenvalue weighted by atomic mass is 16.6. The number of hydrogen-bond acceptors (Lipinski definition) is 6. The van der Waals surface area contributed by atoms with E-state index in [1.165, 1.54) is 22.9 Å². The molecule has 28 heavy (non-hydrogen) atoms. The van der Waals surface area contributed by atoms with Crippen LogP contribution in [0.4, 0.5) is 5.69 Å². The molecule has 1 aromatic heterocycles. The molecule has 0 radical (unpaired) electrons. The number of nitro groups is 1. The van der Waals surface area contributed by atoms with Gasteiger partial charge in [0.2, 0.25) is 5.43 Å². The van der Waals surface area contributed by atoms with Crippen LogP contribution in [0.15, 0.2) is 35.1 Å². The molecule has 0 aliphatic carbocycles. The standard InChI is InChI=1S/C19H23N5O4/c1-12-7-8-14(10-20)11-22(12)19(26)18-17(25)9-13(2)23(21-18)15-5-3-4-6-16(15)24(27)28/h3-6,9,12,14H,7-8,10-11,20H2,1-2H3. The number of amides is 1. The lowest BCUT2D eigenvalue weighted by atomic mass is 9.93. The van der Waals surface area contributed by atoms with Crippen LogP contribution in [0, 0.1) is 23.0 Å². The highest BCUT2D eigenvalue weighted by Gasteiger charge is 2.31. The third-order valence-corrected chi connectivity index (χ3v) is 5.19. The molecule has 1 amide bonds. The van der Waals surface area contributed by atoms with E-state index in [0.29, 0.717) is 18.8 Å². The Balaban J connectivity index is 2.07. The summed E-state index contributed by atoms with van der Waals surface area (Å²) in [5.74, 6) is -0.286. The normalized spacial score (nSPS) is 19.5. The highest BCUT2D eigenvalue weighted by Crippen LogP contribution is 2.24. The minimum absolute atomic E-state index is 0.0303. The number of aromatic nitrogens is 2. The fourth-order valence-corrected chi connectivity index (χ4v) is 3.53. The fourth-order valence-electron chi connectivity index (χ4n) is 3.53. The Morgan fingerprint density at radius 2 is 2.07 bits per heavy atom. The van der Waals surface area contributed by atoms with Gasteiger partial charge >= 0.3 is 0 Å². The molecular weight excluding hydrogens is 362 g/mol. The lowest BCUT2D eigenvalue weighted by molar-refractivity contribution is -0.384. The minimum atomic E-state index is -0.519. The summed E-state index contributed by atoms with van der Waals surface area (Å²) in [7, 11) is 0. The summed E-state index contributed by atoms with van der Waals surface area (Å²) in [6, 6.07) is 7.33. The number of rotatable bonds is 4. The van der Waals surface area contributed by atoms with Crippen LogP contribution >= 0.6 is 0 Å². The maximum Gasteiger partial charge on any atom is 0.294 e. The predicted molar refractivity (Wildman–Crippen MR) is 104 cm³/mol. The molecule has 148 valence electrons. The molecule has 2 unspecified atom stereocenters. The van der Waals surface area contributed by atoms with E-state index in [0.717, 1.165) is 12.8 Å². The van der Waals surface area contributed by atoms with Gasteiger partial charge in [-0.25, -0.2) is 4.68 Å². The van der Waals surface area contributed by atoms with Crippen LogP contribution in [-0.4, -0.2) is 44.6 Å². The van der Waals surface area contributed by atoms with Gasteiger partial charge in [-0.3, -0.25) is 19.7 Å². The lowest BCUT2D eigenvalue weighted by Gasteiger charge is -2.37. The first kappa shape index (κ1) is 19.7. The quantitative estimate of drug-likeness (QED) is 0.630. The van der Waals surface area contributed by atoms with Gasteiger partial charge in [-0.1, -0.05) is 12.1 Å². The van der Waals surface area contributed by atoms with Gasteiger partial charge in [0.15, 0.2) is 5.69 Å². The zero-order valence-corrected chi connectivity index (χ0v) is 15.9. The number of carbonyl (C=O) groups is 1. The maximum atomic E-state index is 13.1. The highest BCUT2D eigenvalue weighted by molar-refractivity contribution is 5.92. The molecule has 1 aliphatic heterocycles. The number of nitrogens with two attached hydrogens (primary N) is 1. The minimum Gasteiger partial charge on any atom is -0.334 e.